The van der Waals surface area contributed by atoms with E-state index >= 15 is 0 Å². The number of hydrogen-bond donors (Lipinski definition) is 0. The van der Waals surface area contributed by atoms with Gasteiger partial charge < -0.3 is 0 Å². The molecule has 0 aliphatic rings. The Hall–Kier alpha value is -1.36. The Morgan fingerprint density at radius 3 is 2.18 bits per heavy atom. The smallest absolute Gasteiger partial charge is 0.189 e. The SMILES string of the molecule is Cc1cc(C)nc(SCn2nc(C)cc2C)n1. The Balaban J connectivity index is 2.09. The summed E-state index contributed by atoms with van der Waals surface area (Å²) >= 11 is 1.61. The van der Waals surface area contributed by atoms with Crippen LogP contribution in [0.2, 0.25) is 0 Å². The molecule has 0 spiro atoms. The Labute approximate surface area is 105 Å². The second-order valence-electron chi connectivity index (χ2n) is 4.13. The summed E-state index contributed by atoms with van der Waals surface area (Å²) in [5.74, 6) is 0.753. The zero-order chi connectivity index (χ0) is 12.4. The highest BCUT2D eigenvalue weighted by molar-refractivity contribution is 7.98. The maximum Gasteiger partial charge on any atom is 0.189 e. The van der Waals surface area contributed by atoms with Crippen molar-refractivity contribution in [1.29, 1.82) is 0 Å². The predicted molar refractivity (Wildman–Crippen MR) is 69.1 cm³/mol. The fourth-order valence-electron chi connectivity index (χ4n) is 1.68. The van der Waals surface area contributed by atoms with Gasteiger partial charge in [0.15, 0.2) is 5.16 Å². The lowest BCUT2D eigenvalue weighted by molar-refractivity contribution is 0.713. The van der Waals surface area contributed by atoms with Crippen molar-refractivity contribution in [2.75, 3.05) is 0 Å². The number of rotatable bonds is 3. The van der Waals surface area contributed by atoms with Gasteiger partial charge in [0.2, 0.25) is 0 Å². The molecule has 0 bridgehead atoms. The molecule has 4 nitrogen and oxygen atoms in total. The normalized spacial score (nSPS) is 10.8. The van der Waals surface area contributed by atoms with Crippen molar-refractivity contribution in [3.8, 4) is 0 Å². The van der Waals surface area contributed by atoms with Gasteiger partial charge in [-0.05, 0) is 39.8 Å². The van der Waals surface area contributed by atoms with E-state index in [0.29, 0.717) is 0 Å². The quantitative estimate of drug-likeness (QED) is 0.618. The summed E-state index contributed by atoms with van der Waals surface area (Å²) in [6.07, 6.45) is 0. The molecule has 17 heavy (non-hydrogen) atoms. The van der Waals surface area contributed by atoms with Crippen LogP contribution in [0.4, 0.5) is 0 Å². The molecule has 2 rings (SSSR count). The summed E-state index contributed by atoms with van der Waals surface area (Å²) in [4.78, 5) is 8.79. The molecule has 2 heterocycles. The Morgan fingerprint density at radius 2 is 1.65 bits per heavy atom. The van der Waals surface area contributed by atoms with Crippen LogP contribution in [-0.4, -0.2) is 19.7 Å². The second kappa shape index (κ2) is 4.87. The molecule has 0 saturated carbocycles. The molecule has 0 aliphatic heterocycles. The zero-order valence-electron chi connectivity index (χ0n) is 10.6. The van der Waals surface area contributed by atoms with Crippen molar-refractivity contribution in [2.45, 2.75) is 38.7 Å². The lowest BCUT2D eigenvalue weighted by atomic mass is 10.4. The van der Waals surface area contributed by atoms with E-state index < -0.39 is 0 Å². The standard InChI is InChI=1S/C12H16N4S/c1-8-5-9(2)14-12(13-8)17-7-16-11(4)6-10(3)15-16/h5-6H,7H2,1-4H3. The minimum absolute atomic E-state index is 0.753. The minimum Gasteiger partial charge on any atom is -0.259 e. The van der Waals surface area contributed by atoms with Gasteiger partial charge in [-0.1, -0.05) is 11.8 Å². The highest BCUT2D eigenvalue weighted by Gasteiger charge is 2.04. The number of thioether (sulfide) groups is 1. The van der Waals surface area contributed by atoms with Gasteiger partial charge in [-0.2, -0.15) is 5.10 Å². The van der Waals surface area contributed by atoms with Gasteiger partial charge in [0.1, 0.15) is 0 Å². The fraction of sp³-hybridized carbons (Fsp3) is 0.417. The lowest BCUT2D eigenvalue weighted by Gasteiger charge is -2.04. The largest absolute Gasteiger partial charge is 0.259 e. The first-order valence-electron chi connectivity index (χ1n) is 5.51. The van der Waals surface area contributed by atoms with Crippen LogP contribution >= 0.6 is 11.8 Å². The third-order valence-corrected chi connectivity index (χ3v) is 3.20. The first-order chi connectivity index (χ1) is 8.04. The summed E-state index contributed by atoms with van der Waals surface area (Å²) < 4.78 is 1.97. The first-order valence-corrected chi connectivity index (χ1v) is 6.49. The summed E-state index contributed by atoms with van der Waals surface area (Å²) in [5, 5.41) is 5.23. The van der Waals surface area contributed by atoms with Gasteiger partial charge in [0.25, 0.3) is 0 Å². The third kappa shape index (κ3) is 3.06. The first kappa shape index (κ1) is 12.1. The van der Waals surface area contributed by atoms with Gasteiger partial charge >= 0.3 is 0 Å². The van der Waals surface area contributed by atoms with Crippen molar-refractivity contribution in [3.05, 3.63) is 34.9 Å². The van der Waals surface area contributed by atoms with Crippen molar-refractivity contribution in [2.24, 2.45) is 0 Å². The molecule has 0 radical (unpaired) electrons. The molecular weight excluding hydrogens is 232 g/mol. The molecule has 5 heteroatoms. The molecule has 0 aromatic carbocycles. The molecule has 2 aromatic rings. The number of hydrogen-bond acceptors (Lipinski definition) is 4. The van der Waals surface area contributed by atoms with Crippen molar-refractivity contribution >= 4 is 11.8 Å². The van der Waals surface area contributed by atoms with E-state index in [0.717, 1.165) is 28.1 Å². The molecule has 0 aliphatic carbocycles. The topological polar surface area (TPSA) is 43.6 Å². The van der Waals surface area contributed by atoms with Crippen molar-refractivity contribution in [1.82, 2.24) is 19.7 Å². The van der Waals surface area contributed by atoms with Crippen LogP contribution in [0.1, 0.15) is 22.8 Å². The Bertz CT molecular complexity index is 513. The van der Waals surface area contributed by atoms with Gasteiger partial charge in [0.05, 0.1) is 11.6 Å². The summed E-state index contributed by atoms with van der Waals surface area (Å²) in [6.45, 7) is 8.04. The monoisotopic (exact) mass is 248 g/mol. The van der Waals surface area contributed by atoms with Crippen LogP contribution in [0, 0.1) is 27.7 Å². The fourth-order valence-corrected chi connectivity index (χ4v) is 2.60. The van der Waals surface area contributed by atoms with Crippen LogP contribution in [0.25, 0.3) is 0 Å². The maximum absolute atomic E-state index is 4.41. The van der Waals surface area contributed by atoms with Crippen LogP contribution in [-0.2, 0) is 5.88 Å². The van der Waals surface area contributed by atoms with Crippen molar-refractivity contribution < 1.29 is 0 Å². The van der Waals surface area contributed by atoms with E-state index in [1.165, 1.54) is 5.69 Å². The van der Waals surface area contributed by atoms with Crippen LogP contribution in [0.15, 0.2) is 17.3 Å². The zero-order valence-corrected chi connectivity index (χ0v) is 11.4. The summed E-state index contributed by atoms with van der Waals surface area (Å²) in [6, 6.07) is 4.05. The molecule has 2 aromatic heterocycles. The van der Waals surface area contributed by atoms with Gasteiger partial charge in [-0.25, -0.2) is 9.97 Å². The highest BCUT2D eigenvalue weighted by Crippen LogP contribution is 2.17. The summed E-state index contributed by atoms with van der Waals surface area (Å²) in [7, 11) is 0. The molecule has 0 amide bonds. The molecule has 0 unspecified atom stereocenters. The average molecular weight is 248 g/mol. The highest BCUT2D eigenvalue weighted by atomic mass is 32.2. The third-order valence-electron chi connectivity index (χ3n) is 2.38. The van der Waals surface area contributed by atoms with E-state index in [-0.39, 0.29) is 0 Å². The van der Waals surface area contributed by atoms with E-state index in [9.17, 15) is 0 Å². The molecule has 90 valence electrons. The van der Waals surface area contributed by atoms with Gasteiger partial charge in [-0.3, -0.25) is 4.68 Å². The van der Waals surface area contributed by atoms with Gasteiger partial charge in [-0.15, -0.1) is 0 Å². The molecule has 0 fully saturated rings. The number of nitrogens with zero attached hydrogens (tertiary/aromatic N) is 4. The molecular formula is C12H16N4S. The Morgan fingerprint density at radius 1 is 1.00 bits per heavy atom. The van der Waals surface area contributed by atoms with Crippen molar-refractivity contribution in [3.63, 3.8) is 0 Å². The number of aromatic nitrogens is 4. The Kier molecular flexibility index (Phi) is 3.47. The van der Waals surface area contributed by atoms with Crippen LogP contribution < -0.4 is 0 Å². The lowest BCUT2D eigenvalue weighted by Crippen LogP contribution is -2.01. The minimum atomic E-state index is 0.753. The van der Waals surface area contributed by atoms with E-state index in [4.69, 9.17) is 0 Å². The molecule has 0 saturated heterocycles. The second-order valence-corrected chi connectivity index (χ2v) is 5.05. The van der Waals surface area contributed by atoms with Gasteiger partial charge in [0, 0.05) is 17.1 Å². The summed E-state index contributed by atoms with van der Waals surface area (Å²) in [5.41, 5.74) is 4.23. The molecule has 0 atom stereocenters. The maximum atomic E-state index is 4.41. The van der Waals surface area contributed by atoms with E-state index in [1.54, 1.807) is 11.8 Å². The average Bonchev–Trinajstić information content (AvgIpc) is 2.53. The van der Waals surface area contributed by atoms with E-state index in [1.807, 2.05) is 31.5 Å². The van der Waals surface area contributed by atoms with E-state index in [2.05, 4.69) is 28.1 Å². The van der Waals surface area contributed by atoms with Crippen LogP contribution in [0.3, 0.4) is 0 Å². The predicted octanol–water partition coefficient (Wildman–Crippen LogP) is 2.66. The van der Waals surface area contributed by atoms with Crippen LogP contribution in [0.5, 0.6) is 0 Å². The molecule has 0 N–H and O–H groups in total. The number of aryl methyl sites for hydroxylation is 4.